The quantitative estimate of drug-likeness (QED) is 0.581. The fourth-order valence-corrected chi connectivity index (χ4v) is 1.82. The van der Waals surface area contributed by atoms with Gasteiger partial charge in [0.05, 0.1) is 5.69 Å². The van der Waals surface area contributed by atoms with E-state index in [1.54, 1.807) is 13.0 Å². The van der Waals surface area contributed by atoms with Gasteiger partial charge in [-0.05, 0) is 18.9 Å². The zero-order valence-corrected chi connectivity index (χ0v) is 9.58. The highest BCUT2D eigenvalue weighted by molar-refractivity contribution is 5.93. The molecule has 0 amide bonds. The van der Waals surface area contributed by atoms with Crippen LogP contribution in [0.2, 0.25) is 0 Å². The van der Waals surface area contributed by atoms with Gasteiger partial charge < -0.3 is 0 Å². The predicted molar refractivity (Wildman–Crippen MR) is 62.6 cm³/mol. The summed E-state index contributed by atoms with van der Waals surface area (Å²) in [5.74, 6) is 0.107. The monoisotopic (exact) mass is 219 g/mol. The summed E-state index contributed by atoms with van der Waals surface area (Å²) in [6.07, 6.45) is 0. The lowest BCUT2D eigenvalue weighted by Gasteiger charge is -1.99. The van der Waals surface area contributed by atoms with Crippen LogP contribution in [-0.2, 0) is 0 Å². The molecule has 1 heterocycles. The topological polar surface area (TPSA) is 41.7 Å². The van der Waals surface area contributed by atoms with Crippen LogP contribution in [0.25, 0.3) is 10.9 Å². The predicted octanol–water partition coefficient (Wildman–Crippen LogP) is 3.14. The number of hydrogen-bond donors (Lipinski definition) is 1. The van der Waals surface area contributed by atoms with E-state index in [0.717, 1.165) is 11.1 Å². The number of para-hydroxylation sites is 1. The molecule has 0 radical (unpaired) electrons. The average Bonchev–Trinajstić information content (AvgIpc) is 2.58. The maximum atomic E-state index is 13.7. The van der Waals surface area contributed by atoms with Crippen LogP contribution >= 0.6 is 0 Å². The van der Waals surface area contributed by atoms with Crippen molar-refractivity contribution in [1.82, 2.24) is 9.78 Å². The Labute approximate surface area is 93.4 Å². The van der Waals surface area contributed by atoms with Gasteiger partial charge in [0.25, 0.3) is 0 Å². The van der Waals surface area contributed by atoms with Gasteiger partial charge in [-0.3, -0.25) is 5.41 Å². The molecule has 0 bridgehead atoms. The van der Waals surface area contributed by atoms with Gasteiger partial charge in [0.2, 0.25) is 0 Å². The first-order valence-electron chi connectivity index (χ1n) is 5.25. The summed E-state index contributed by atoms with van der Waals surface area (Å²) in [6.45, 7) is 5.62. The zero-order chi connectivity index (χ0) is 11.9. The lowest BCUT2D eigenvalue weighted by Crippen LogP contribution is -2.08. The van der Waals surface area contributed by atoms with E-state index < -0.39 is 0 Å². The maximum Gasteiger partial charge on any atom is 0.149 e. The van der Waals surface area contributed by atoms with E-state index in [2.05, 4.69) is 5.10 Å². The Kier molecular flexibility index (Phi) is 2.50. The standard InChI is InChI=1S/C12H14FN3/c1-7(2)11-9-5-4-6-10(13)12(9)16(15-11)8(3)14/h4-7,14H,1-3H3. The highest BCUT2D eigenvalue weighted by atomic mass is 19.1. The highest BCUT2D eigenvalue weighted by Gasteiger charge is 2.16. The molecule has 4 heteroatoms. The van der Waals surface area contributed by atoms with E-state index in [1.807, 2.05) is 19.9 Å². The van der Waals surface area contributed by atoms with Crippen LogP contribution in [-0.4, -0.2) is 15.6 Å². The van der Waals surface area contributed by atoms with Crippen molar-refractivity contribution in [2.45, 2.75) is 26.7 Å². The fraction of sp³-hybridized carbons (Fsp3) is 0.333. The lowest BCUT2D eigenvalue weighted by atomic mass is 10.1. The Bertz CT molecular complexity index is 555. The van der Waals surface area contributed by atoms with Crippen molar-refractivity contribution in [3.8, 4) is 0 Å². The summed E-state index contributed by atoms with van der Waals surface area (Å²) in [6, 6.07) is 4.92. The molecule has 1 N–H and O–H groups in total. The van der Waals surface area contributed by atoms with E-state index in [9.17, 15) is 4.39 Å². The number of hydrogen-bond acceptors (Lipinski definition) is 2. The van der Waals surface area contributed by atoms with E-state index >= 15 is 0 Å². The van der Waals surface area contributed by atoms with Gasteiger partial charge in [-0.2, -0.15) is 5.10 Å². The third-order valence-electron chi connectivity index (χ3n) is 2.55. The van der Waals surface area contributed by atoms with Crippen molar-refractivity contribution in [3.63, 3.8) is 0 Å². The van der Waals surface area contributed by atoms with Crippen molar-refractivity contribution < 1.29 is 4.39 Å². The minimum absolute atomic E-state index is 0.213. The van der Waals surface area contributed by atoms with Gasteiger partial charge in [0.15, 0.2) is 0 Å². The van der Waals surface area contributed by atoms with Gasteiger partial charge in [-0.1, -0.05) is 26.0 Å². The van der Waals surface area contributed by atoms with Crippen LogP contribution < -0.4 is 0 Å². The Hall–Kier alpha value is -1.71. The van der Waals surface area contributed by atoms with E-state index in [4.69, 9.17) is 5.41 Å². The molecule has 1 aromatic heterocycles. The van der Waals surface area contributed by atoms with Crippen molar-refractivity contribution in [2.75, 3.05) is 0 Å². The lowest BCUT2D eigenvalue weighted by molar-refractivity contribution is 0.632. The van der Waals surface area contributed by atoms with Gasteiger partial charge in [-0.25, -0.2) is 9.07 Å². The van der Waals surface area contributed by atoms with Crippen molar-refractivity contribution in [1.29, 1.82) is 5.41 Å². The Balaban J connectivity index is 2.87. The van der Waals surface area contributed by atoms with E-state index in [-0.39, 0.29) is 17.6 Å². The second kappa shape index (κ2) is 3.70. The maximum absolute atomic E-state index is 13.7. The largest absolute Gasteiger partial charge is 0.287 e. The first-order valence-corrected chi connectivity index (χ1v) is 5.25. The molecule has 0 aliphatic rings. The van der Waals surface area contributed by atoms with Crippen LogP contribution in [0.4, 0.5) is 4.39 Å². The first-order chi connectivity index (χ1) is 7.52. The molecule has 2 aromatic rings. The molecule has 0 spiro atoms. The summed E-state index contributed by atoms with van der Waals surface area (Å²) in [5, 5.41) is 12.7. The van der Waals surface area contributed by atoms with E-state index in [0.29, 0.717) is 5.52 Å². The molecule has 0 aliphatic heterocycles. The summed E-state index contributed by atoms with van der Waals surface area (Å²) in [5.41, 5.74) is 1.24. The highest BCUT2D eigenvalue weighted by Crippen LogP contribution is 2.26. The van der Waals surface area contributed by atoms with Crippen LogP contribution in [0.5, 0.6) is 0 Å². The molecule has 16 heavy (non-hydrogen) atoms. The smallest absolute Gasteiger partial charge is 0.149 e. The van der Waals surface area contributed by atoms with Gasteiger partial charge >= 0.3 is 0 Å². The molecule has 0 aliphatic carbocycles. The van der Waals surface area contributed by atoms with Gasteiger partial charge in [0.1, 0.15) is 17.2 Å². The van der Waals surface area contributed by atoms with Crippen molar-refractivity contribution in [2.24, 2.45) is 0 Å². The third kappa shape index (κ3) is 1.50. The SMILES string of the molecule is CC(=N)n1nc(C(C)C)c2cccc(F)c21. The minimum Gasteiger partial charge on any atom is -0.287 e. The summed E-state index contributed by atoms with van der Waals surface area (Å²) >= 11 is 0. The molecule has 1 aromatic carbocycles. The Morgan fingerprint density at radius 3 is 2.69 bits per heavy atom. The molecular formula is C12H14FN3. The number of nitrogens with one attached hydrogen (secondary N) is 1. The van der Waals surface area contributed by atoms with Crippen molar-refractivity contribution >= 4 is 16.7 Å². The summed E-state index contributed by atoms with van der Waals surface area (Å²) < 4.78 is 15.1. The summed E-state index contributed by atoms with van der Waals surface area (Å²) in [4.78, 5) is 0. The third-order valence-corrected chi connectivity index (χ3v) is 2.55. The number of benzene rings is 1. The second-order valence-corrected chi connectivity index (χ2v) is 4.17. The zero-order valence-electron chi connectivity index (χ0n) is 9.58. The first kappa shape index (κ1) is 10.8. The Morgan fingerprint density at radius 1 is 1.44 bits per heavy atom. The number of rotatable bonds is 1. The molecule has 0 saturated carbocycles. The second-order valence-electron chi connectivity index (χ2n) is 4.17. The molecule has 3 nitrogen and oxygen atoms in total. The number of fused-ring (bicyclic) bond motifs is 1. The molecular weight excluding hydrogens is 205 g/mol. The summed E-state index contributed by atoms with van der Waals surface area (Å²) in [7, 11) is 0. The number of halogens is 1. The van der Waals surface area contributed by atoms with Gasteiger partial charge in [-0.15, -0.1) is 0 Å². The molecule has 84 valence electrons. The average molecular weight is 219 g/mol. The van der Waals surface area contributed by atoms with Crippen LogP contribution in [0.15, 0.2) is 18.2 Å². The Morgan fingerprint density at radius 2 is 2.12 bits per heavy atom. The van der Waals surface area contributed by atoms with Crippen LogP contribution in [0.1, 0.15) is 32.4 Å². The van der Waals surface area contributed by atoms with Crippen molar-refractivity contribution in [3.05, 3.63) is 29.7 Å². The van der Waals surface area contributed by atoms with Crippen LogP contribution in [0, 0.1) is 11.2 Å². The number of nitrogens with zero attached hydrogens (tertiary/aromatic N) is 2. The normalized spacial score (nSPS) is 11.3. The fourth-order valence-electron chi connectivity index (χ4n) is 1.82. The van der Waals surface area contributed by atoms with Crippen LogP contribution in [0.3, 0.4) is 0 Å². The molecule has 0 unspecified atom stereocenters. The van der Waals surface area contributed by atoms with E-state index in [1.165, 1.54) is 10.7 Å². The van der Waals surface area contributed by atoms with Gasteiger partial charge in [0, 0.05) is 5.39 Å². The molecule has 0 fully saturated rings. The minimum atomic E-state index is -0.330. The molecule has 0 saturated heterocycles. The number of aromatic nitrogens is 2. The molecule has 0 atom stereocenters. The molecule has 2 rings (SSSR count).